The van der Waals surface area contributed by atoms with Gasteiger partial charge in [0.15, 0.2) is 0 Å². The maximum atomic E-state index is 13.2. The third-order valence-electron chi connectivity index (χ3n) is 4.81. The Labute approximate surface area is 150 Å². The number of nitrogens with zero attached hydrogens (tertiary/aromatic N) is 5. The Morgan fingerprint density at radius 3 is 2.65 bits per heavy atom. The van der Waals surface area contributed by atoms with Crippen molar-refractivity contribution < 1.29 is 4.39 Å². The van der Waals surface area contributed by atoms with Crippen LogP contribution in [0.3, 0.4) is 0 Å². The van der Waals surface area contributed by atoms with Crippen LogP contribution in [0, 0.1) is 12.5 Å². The van der Waals surface area contributed by atoms with Crippen LogP contribution in [-0.2, 0) is 0 Å². The molecule has 0 amide bonds. The maximum absolute atomic E-state index is 13.2. The third kappa shape index (κ3) is 3.02. The molecule has 0 radical (unpaired) electrons. The molecule has 26 heavy (non-hydrogen) atoms. The van der Waals surface area contributed by atoms with Gasteiger partial charge in [0.2, 0.25) is 11.6 Å². The summed E-state index contributed by atoms with van der Waals surface area (Å²) in [5, 5.41) is 6.89. The van der Waals surface area contributed by atoms with Gasteiger partial charge in [0.1, 0.15) is 12.2 Å². The summed E-state index contributed by atoms with van der Waals surface area (Å²) < 4.78 is 13.2. The summed E-state index contributed by atoms with van der Waals surface area (Å²) in [5.41, 5.74) is 3.21. The summed E-state index contributed by atoms with van der Waals surface area (Å²) in [6, 6.07) is 8.69. The number of hydrogen-bond donors (Lipinski definition) is 1. The van der Waals surface area contributed by atoms with Crippen molar-refractivity contribution in [1.82, 2.24) is 20.2 Å². The fourth-order valence-electron chi connectivity index (χ4n) is 3.51. The van der Waals surface area contributed by atoms with Crippen LogP contribution in [0.5, 0.6) is 0 Å². The minimum atomic E-state index is -0.510. The van der Waals surface area contributed by atoms with E-state index in [2.05, 4.69) is 29.9 Å². The van der Waals surface area contributed by atoms with Gasteiger partial charge in [-0.25, -0.2) is 14.8 Å². The molecule has 0 saturated carbocycles. The predicted octanol–water partition coefficient (Wildman–Crippen LogP) is 3.94. The molecule has 4 rings (SSSR count). The second-order valence-electron chi connectivity index (χ2n) is 6.29. The number of para-hydroxylation sites is 1. The number of anilines is 1. The van der Waals surface area contributed by atoms with Gasteiger partial charge < -0.3 is 4.90 Å². The van der Waals surface area contributed by atoms with Crippen LogP contribution >= 0.6 is 0 Å². The van der Waals surface area contributed by atoms with Gasteiger partial charge in [-0.1, -0.05) is 18.2 Å². The molecule has 1 aliphatic heterocycles. The molecule has 2 aromatic heterocycles. The Hall–Kier alpha value is -3.27. The predicted molar refractivity (Wildman–Crippen MR) is 96.5 cm³/mol. The number of aromatic nitrogens is 4. The molecule has 7 heteroatoms. The molecular weight excluding hydrogens is 331 g/mol. The fraction of sp³-hybridized carbons (Fsp3) is 0.263. The molecule has 0 spiro atoms. The number of aromatic amines is 1. The van der Waals surface area contributed by atoms with Gasteiger partial charge in [-0.05, 0) is 30.5 Å². The lowest BCUT2D eigenvalue weighted by Gasteiger charge is -2.35. The van der Waals surface area contributed by atoms with E-state index in [1.807, 2.05) is 18.2 Å². The summed E-state index contributed by atoms with van der Waals surface area (Å²) in [7, 11) is 0. The average Bonchev–Trinajstić information content (AvgIpc) is 3.23. The van der Waals surface area contributed by atoms with Gasteiger partial charge in [-0.3, -0.25) is 5.10 Å². The van der Waals surface area contributed by atoms with E-state index in [0.717, 1.165) is 48.6 Å². The molecule has 3 aromatic rings. The zero-order chi connectivity index (χ0) is 17.9. The van der Waals surface area contributed by atoms with Crippen molar-refractivity contribution >= 4 is 11.4 Å². The third-order valence-corrected chi connectivity index (χ3v) is 4.81. The zero-order valence-corrected chi connectivity index (χ0v) is 14.1. The molecule has 130 valence electrons. The molecule has 0 atom stereocenters. The molecule has 1 aliphatic rings. The summed E-state index contributed by atoms with van der Waals surface area (Å²) >= 11 is 0. The van der Waals surface area contributed by atoms with Gasteiger partial charge in [0, 0.05) is 36.5 Å². The maximum Gasteiger partial charge on any atom is 0.212 e. The standard InChI is InChI=1S/C19H17FN6/c1-21-16-4-2-3-15(14-5-6-17(20)22-11-14)18(16)26-9-7-13(8-10-26)19-23-12-24-25-19/h2-6,11-13H,7-10H2,(H,23,24,25). The van der Waals surface area contributed by atoms with Gasteiger partial charge in [0.05, 0.1) is 6.57 Å². The second kappa shape index (κ2) is 6.92. The van der Waals surface area contributed by atoms with E-state index in [4.69, 9.17) is 6.57 Å². The highest BCUT2D eigenvalue weighted by Gasteiger charge is 2.25. The van der Waals surface area contributed by atoms with E-state index >= 15 is 0 Å². The first kappa shape index (κ1) is 16.2. The van der Waals surface area contributed by atoms with Crippen molar-refractivity contribution in [2.24, 2.45) is 0 Å². The lowest BCUT2D eigenvalue weighted by Crippen LogP contribution is -2.33. The molecule has 0 bridgehead atoms. The fourth-order valence-corrected chi connectivity index (χ4v) is 3.51. The number of nitrogens with one attached hydrogen (secondary N) is 1. The second-order valence-corrected chi connectivity index (χ2v) is 6.29. The van der Waals surface area contributed by atoms with E-state index in [1.54, 1.807) is 6.07 Å². The van der Waals surface area contributed by atoms with E-state index in [-0.39, 0.29) is 0 Å². The Bertz CT molecular complexity index is 922. The number of H-pyrrole nitrogens is 1. The molecule has 0 unspecified atom stereocenters. The van der Waals surface area contributed by atoms with Crippen molar-refractivity contribution in [3.63, 3.8) is 0 Å². The first-order valence-electron chi connectivity index (χ1n) is 8.49. The summed E-state index contributed by atoms with van der Waals surface area (Å²) in [6.07, 6.45) is 4.92. The van der Waals surface area contributed by atoms with E-state index in [1.165, 1.54) is 18.6 Å². The van der Waals surface area contributed by atoms with Gasteiger partial charge in [0.25, 0.3) is 0 Å². The Balaban J connectivity index is 1.66. The number of benzene rings is 1. The first-order chi connectivity index (χ1) is 12.8. The minimum absolute atomic E-state index is 0.352. The molecule has 6 nitrogen and oxygen atoms in total. The van der Waals surface area contributed by atoms with Crippen LogP contribution in [0.15, 0.2) is 42.9 Å². The Morgan fingerprint density at radius 1 is 1.15 bits per heavy atom. The normalized spacial score (nSPS) is 15.0. The van der Waals surface area contributed by atoms with Crippen LogP contribution in [-0.4, -0.2) is 33.3 Å². The highest BCUT2D eigenvalue weighted by atomic mass is 19.1. The van der Waals surface area contributed by atoms with Crippen molar-refractivity contribution in [2.75, 3.05) is 18.0 Å². The van der Waals surface area contributed by atoms with Crippen LogP contribution in [0.25, 0.3) is 16.0 Å². The van der Waals surface area contributed by atoms with Gasteiger partial charge in [-0.2, -0.15) is 9.49 Å². The SMILES string of the molecule is [C-]#[N+]c1cccc(-c2ccc(F)nc2)c1N1CCC(c2ncn[nH]2)CC1. The lowest BCUT2D eigenvalue weighted by atomic mass is 9.94. The van der Waals surface area contributed by atoms with Crippen LogP contribution < -0.4 is 4.90 Å². The number of hydrogen-bond acceptors (Lipinski definition) is 4. The lowest BCUT2D eigenvalue weighted by molar-refractivity contribution is 0.487. The van der Waals surface area contributed by atoms with Crippen LogP contribution in [0.4, 0.5) is 15.8 Å². The largest absolute Gasteiger partial charge is 0.380 e. The van der Waals surface area contributed by atoms with Gasteiger partial charge in [-0.15, -0.1) is 0 Å². The molecule has 3 heterocycles. The Morgan fingerprint density at radius 2 is 2.00 bits per heavy atom. The number of halogens is 1. The minimum Gasteiger partial charge on any atom is -0.380 e. The van der Waals surface area contributed by atoms with Crippen LogP contribution in [0.2, 0.25) is 0 Å². The van der Waals surface area contributed by atoms with E-state index < -0.39 is 5.95 Å². The zero-order valence-electron chi connectivity index (χ0n) is 14.1. The summed E-state index contributed by atoms with van der Waals surface area (Å²) in [6.45, 7) is 9.19. The van der Waals surface area contributed by atoms with Crippen molar-refractivity contribution in [3.05, 3.63) is 66.0 Å². The summed E-state index contributed by atoms with van der Waals surface area (Å²) in [5.74, 6) is 0.764. The molecule has 0 aliphatic carbocycles. The summed E-state index contributed by atoms with van der Waals surface area (Å²) in [4.78, 5) is 14.0. The molecule has 1 fully saturated rings. The number of pyridine rings is 1. The Kier molecular flexibility index (Phi) is 4.32. The highest BCUT2D eigenvalue weighted by molar-refractivity contribution is 5.88. The molecule has 1 saturated heterocycles. The number of rotatable bonds is 3. The van der Waals surface area contributed by atoms with E-state index in [0.29, 0.717) is 11.6 Å². The smallest absolute Gasteiger partial charge is 0.212 e. The monoisotopic (exact) mass is 348 g/mol. The topological polar surface area (TPSA) is 62.1 Å². The molecule has 1 aromatic carbocycles. The van der Waals surface area contributed by atoms with E-state index in [9.17, 15) is 4.39 Å². The molecular formula is C19H17FN6. The number of piperidine rings is 1. The van der Waals surface area contributed by atoms with Crippen molar-refractivity contribution in [1.29, 1.82) is 0 Å². The molecule has 1 N–H and O–H groups in total. The van der Waals surface area contributed by atoms with Crippen molar-refractivity contribution in [3.8, 4) is 11.1 Å². The average molecular weight is 348 g/mol. The van der Waals surface area contributed by atoms with Crippen molar-refractivity contribution in [2.45, 2.75) is 18.8 Å². The quantitative estimate of drug-likeness (QED) is 0.575. The van der Waals surface area contributed by atoms with Crippen LogP contribution in [0.1, 0.15) is 24.6 Å². The highest BCUT2D eigenvalue weighted by Crippen LogP contribution is 2.41. The van der Waals surface area contributed by atoms with Gasteiger partial charge >= 0.3 is 0 Å². The first-order valence-corrected chi connectivity index (χ1v) is 8.49.